The molecule has 0 N–H and O–H groups in total. The fourth-order valence-electron chi connectivity index (χ4n) is 3.92. The molecule has 158 valence electrons. The van der Waals surface area contributed by atoms with E-state index in [0.29, 0.717) is 18.8 Å². The third-order valence-electron chi connectivity index (χ3n) is 5.66. The van der Waals surface area contributed by atoms with Crippen LogP contribution >= 0.6 is 15.9 Å². The smallest absolute Gasteiger partial charge is 0.290 e. The number of rotatable bonds is 6. The van der Waals surface area contributed by atoms with E-state index in [4.69, 9.17) is 9.15 Å². The van der Waals surface area contributed by atoms with E-state index in [0.717, 1.165) is 51.7 Å². The Morgan fingerprint density at radius 3 is 2.60 bits per heavy atom. The molecule has 1 aromatic heterocycles. The van der Waals surface area contributed by atoms with Crippen LogP contribution in [-0.2, 0) is 11.3 Å². The molecule has 0 radical (unpaired) electrons. The topological polar surface area (TPSA) is 45.9 Å². The lowest BCUT2D eigenvalue weighted by atomic mass is 10.1. The van der Waals surface area contributed by atoms with Gasteiger partial charge in [0, 0.05) is 54.9 Å². The maximum atomic E-state index is 13.5. The van der Waals surface area contributed by atoms with Gasteiger partial charge in [0.15, 0.2) is 5.76 Å². The first-order chi connectivity index (χ1) is 14.4. The van der Waals surface area contributed by atoms with E-state index >= 15 is 0 Å². The van der Waals surface area contributed by atoms with Crippen molar-refractivity contribution in [3.05, 3.63) is 63.8 Å². The molecule has 0 aliphatic carbocycles. The van der Waals surface area contributed by atoms with Gasteiger partial charge in [0.25, 0.3) is 5.91 Å². The number of hydrogen-bond acceptors (Lipinski definition) is 4. The van der Waals surface area contributed by atoms with Gasteiger partial charge in [-0.05, 0) is 55.7 Å². The summed E-state index contributed by atoms with van der Waals surface area (Å²) in [6, 6.07) is 14.2. The predicted octanol–water partition coefficient (Wildman–Crippen LogP) is 5.39. The summed E-state index contributed by atoms with van der Waals surface area (Å²) in [5, 5.41) is 0.967. The zero-order valence-electron chi connectivity index (χ0n) is 17.7. The van der Waals surface area contributed by atoms with Crippen molar-refractivity contribution in [2.75, 3.05) is 32.1 Å². The number of ether oxygens (including phenoxy) is 1. The second kappa shape index (κ2) is 8.82. The minimum Gasteiger partial charge on any atom is -0.451 e. The number of halogens is 1. The van der Waals surface area contributed by atoms with Crippen LogP contribution in [0.15, 0.2) is 51.4 Å². The predicted molar refractivity (Wildman–Crippen MR) is 123 cm³/mol. The maximum absolute atomic E-state index is 13.5. The van der Waals surface area contributed by atoms with E-state index in [1.807, 2.05) is 44.1 Å². The van der Waals surface area contributed by atoms with Gasteiger partial charge in [-0.3, -0.25) is 4.79 Å². The number of nitrogens with zero attached hydrogens (tertiary/aromatic N) is 2. The van der Waals surface area contributed by atoms with E-state index in [1.165, 1.54) is 0 Å². The molecule has 0 saturated carbocycles. The Hall–Kier alpha value is -2.31. The van der Waals surface area contributed by atoms with Gasteiger partial charge < -0.3 is 19.0 Å². The van der Waals surface area contributed by atoms with Crippen molar-refractivity contribution in [1.29, 1.82) is 0 Å². The normalized spacial score (nSPS) is 16.2. The lowest BCUT2D eigenvalue weighted by Crippen LogP contribution is -2.37. The third kappa shape index (κ3) is 4.40. The molecule has 0 bridgehead atoms. The summed E-state index contributed by atoms with van der Waals surface area (Å²) < 4.78 is 12.8. The fourth-order valence-corrected chi connectivity index (χ4v) is 4.26. The minimum absolute atomic E-state index is 0.0776. The van der Waals surface area contributed by atoms with Crippen LogP contribution in [0.1, 0.15) is 34.5 Å². The van der Waals surface area contributed by atoms with E-state index in [9.17, 15) is 4.79 Å². The van der Waals surface area contributed by atoms with Crippen LogP contribution in [0.5, 0.6) is 0 Å². The average Bonchev–Trinajstić information content (AvgIpc) is 3.35. The molecule has 1 aliphatic rings. The Labute approximate surface area is 185 Å². The highest BCUT2D eigenvalue weighted by molar-refractivity contribution is 9.10. The molecule has 0 unspecified atom stereocenters. The standard InChI is InChI=1S/C24H27BrN2O3/c1-16-21-11-8-18(25)13-22(21)30-23(16)24(28)27(15-20-5-4-12-29-20)14-17-6-9-19(10-7-17)26(2)3/h6-11,13,20H,4-5,12,14-15H2,1-3H3/t20-/m0/s1. The largest absolute Gasteiger partial charge is 0.451 e. The van der Waals surface area contributed by atoms with Gasteiger partial charge in [-0.25, -0.2) is 0 Å². The molecule has 1 amide bonds. The van der Waals surface area contributed by atoms with Gasteiger partial charge in [0.2, 0.25) is 0 Å². The number of carbonyl (C=O) groups excluding carboxylic acids is 1. The van der Waals surface area contributed by atoms with Crippen LogP contribution in [0.3, 0.4) is 0 Å². The first kappa shape index (κ1) is 20.9. The molecule has 1 fully saturated rings. The summed E-state index contributed by atoms with van der Waals surface area (Å²) in [7, 11) is 4.04. The van der Waals surface area contributed by atoms with Crippen LogP contribution in [-0.4, -0.2) is 44.2 Å². The highest BCUT2D eigenvalue weighted by Gasteiger charge is 2.27. The average molecular weight is 471 g/mol. The van der Waals surface area contributed by atoms with Gasteiger partial charge in [0.05, 0.1) is 6.10 Å². The van der Waals surface area contributed by atoms with E-state index in [-0.39, 0.29) is 12.0 Å². The van der Waals surface area contributed by atoms with Crippen LogP contribution < -0.4 is 4.90 Å². The number of aryl methyl sites for hydroxylation is 1. The highest BCUT2D eigenvalue weighted by Crippen LogP contribution is 2.29. The van der Waals surface area contributed by atoms with Crippen LogP contribution in [0.25, 0.3) is 11.0 Å². The van der Waals surface area contributed by atoms with E-state index in [2.05, 4.69) is 45.1 Å². The molecular formula is C24H27BrN2O3. The second-order valence-corrected chi connectivity index (χ2v) is 8.99. The summed E-state index contributed by atoms with van der Waals surface area (Å²) in [6.07, 6.45) is 2.10. The Morgan fingerprint density at radius 1 is 1.17 bits per heavy atom. The molecule has 6 heteroatoms. The number of hydrogen-bond donors (Lipinski definition) is 0. The van der Waals surface area contributed by atoms with Gasteiger partial charge in [-0.1, -0.05) is 28.1 Å². The van der Waals surface area contributed by atoms with Crippen LogP contribution in [0, 0.1) is 6.92 Å². The summed E-state index contributed by atoms with van der Waals surface area (Å²) in [6.45, 7) is 3.80. The zero-order chi connectivity index (χ0) is 21.3. The molecular weight excluding hydrogens is 444 g/mol. The zero-order valence-corrected chi connectivity index (χ0v) is 19.2. The first-order valence-corrected chi connectivity index (χ1v) is 11.1. The lowest BCUT2D eigenvalue weighted by molar-refractivity contribution is 0.0485. The van der Waals surface area contributed by atoms with Crippen molar-refractivity contribution in [3.8, 4) is 0 Å². The van der Waals surface area contributed by atoms with Crippen molar-refractivity contribution >= 4 is 38.5 Å². The summed E-state index contributed by atoms with van der Waals surface area (Å²) in [5.41, 5.74) is 3.82. The number of furan rings is 1. The van der Waals surface area contributed by atoms with Crippen molar-refractivity contribution in [3.63, 3.8) is 0 Å². The SMILES string of the molecule is Cc1c(C(=O)N(Cc2ccc(N(C)C)cc2)C[C@@H]2CCCO2)oc2cc(Br)ccc12. The number of fused-ring (bicyclic) bond motifs is 1. The van der Waals surface area contributed by atoms with Crippen molar-refractivity contribution in [1.82, 2.24) is 4.90 Å². The molecule has 4 rings (SSSR count). The molecule has 1 aliphatic heterocycles. The Bertz CT molecular complexity index is 1040. The minimum atomic E-state index is -0.0907. The number of anilines is 1. The quantitative estimate of drug-likeness (QED) is 0.484. The van der Waals surface area contributed by atoms with Crippen LogP contribution in [0.4, 0.5) is 5.69 Å². The monoisotopic (exact) mass is 470 g/mol. The summed E-state index contributed by atoms with van der Waals surface area (Å²) in [4.78, 5) is 17.5. The Kier molecular flexibility index (Phi) is 6.16. The molecule has 2 aromatic carbocycles. The van der Waals surface area contributed by atoms with Crippen molar-refractivity contribution in [2.24, 2.45) is 0 Å². The highest BCUT2D eigenvalue weighted by atomic mass is 79.9. The lowest BCUT2D eigenvalue weighted by Gasteiger charge is -2.25. The summed E-state index contributed by atoms with van der Waals surface area (Å²) in [5.74, 6) is 0.318. The van der Waals surface area contributed by atoms with E-state index in [1.54, 1.807) is 0 Å². The molecule has 2 heterocycles. The van der Waals surface area contributed by atoms with Gasteiger partial charge in [-0.15, -0.1) is 0 Å². The van der Waals surface area contributed by atoms with Crippen LogP contribution in [0.2, 0.25) is 0 Å². The first-order valence-electron chi connectivity index (χ1n) is 10.3. The van der Waals surface area contributed by atoms with E-state index < -0.39 is 0 Å². The molecule has 0 spiro atoms. The fraction of sp³-hybridized carbons (Fsp3) is 0.375. The Balaban J connectivity index is 1.63. The van der Waals surface area contributed by atoms with Gasteiger partial charge in [-0.2, -0.15) is 0 Å². The van der Waals surface area contributed by atoms with Gasteiger partial charge >= 0.3 is 0 Å². The Morgan fingerprint density at radius 2 is 1.93 bits per heavy atom. The molecule has 1 atom stereocenters. The number of carbonyl (C=O) groups is 1. The number of benzene rings is 2. The molecule has 5 nitrogen and oxygen atoms in total. The summed E-state index contributed by atoms with van der Waals surface area (Å²) >= 11 is 3.48. The molecule has 3 aromatic rings. The number of amides is 1. The maximum Gasteiger partial charge on any atom is 0.290 e. The molecule has 30 heavy (non-hydrogen) atoms. The van der Waals surface area contributed by atoms with Crippen molar-refractivity contribution in [2.45, 2.75) is 32.4 Å². The van der Waals surface area contributed by atoms with Crippen molar-refractivity contribution < 1.29 is 13.9 Å². The van der Waals surface area contributed by atoms with Gasteiger partial charge in [0.1, 0.15) is 5.58 Å². The third-order valence-corrected chi connectivity index (χ3v) is 6.15. The second-order valence-electron chi connectivity index (χ2n) is 8.08. The molecule has 1 saturated heterocycles.